The van der Waals surface area contributed by atoms with Crippen LogP contribution in [0, 0.1) is 0 Å². The van der Waals surface area contributed by atoms with Crippen LogP contribution in [0.4, 0.5) is 0 Å². The van der Waals surface area contributed by atoms with Crippen LogP contribution in [-0.2, 0) is 17.9 Å². The van der Waals surface area contributed by atoms with Crippen molar-refractivity contribution in [1.29, 1.82) is 0 Å². The van der Waals surface area contributed by atoms with Gasteiger partial charge in [0.05, 0.1) is 25.0 Å². The number of benzene rings is 2. The minimum absolute atomic E-state index is 0. The van der Waals surface area contributed by atoms with Crippen molar-refractivity contribution in [2.45, 2.75) is 26.4 Å². The molecular formula is C25H33IN6O. The van der Waals surface area contributed by atoms with Gasteiger partial charge < -0.3 is 20.1 Å². The lowest BCUT2D eigenvalue weighted by molar-refractivity contribution is -0.130. The van der Waals surface area contributed by atoms with E-state index in [-0.39, 0.29) is 29.9 Å². The SMILES string of the molecule is CCNC(=NCCC(=O)N(C)Cc1ccccc1)N(C)Cc1ncc(-c2ccccc2)[nH]1.I. The van der Waals surface area contributed by atoms with Gasteiger partial charge in [0.1, 0.15) is 5.82 Å². The first kappa shape index (κ1) is 26.4. The lowest BCUT2D eigenvalue weighted by Crippen LogP contribution is -2.39. The number of imidazole rings is 1. The third-order valence-corrected chi connectivity index (χ3v) is 5.07. The number of amides is 1. The molecule has 2 N–H and O–H groups in total. The second kappa shape index (κ2) is 13.6. The van der Waals surface area contributed by atoms with E-state index >= 15 is 0 Å². The van der Waals surface area contributed by atoms with Crippen molar-refractivity contribution in [2.75, 3.05) is 27.2 Å². The largest absolute Gasteiger partial charge is 0.357 e. The fourth-order valence-electron chi connectivity index (χ4n) is 3.37. The number of carbonyl (C=O) groups is 1. The van der Waals surface area contributed by atoms with Crippen LogP contribution in [-0.4, -0.2) is 58.8 Å². The van der Waals surface area contributed by atoms with Gasteiger partial charge in [-0.15, -0.1) is 24.0 Å². The van der Waals surface area contributed by atoms with Crippen LogP contribution in [0.25, 0.3) is 11.3 Å². The third-order valence-electron chi connectivity index (χ3n) is 5.07. The molecule has 0 saturated carbocycles. The predicted molar refractivity (Wildman–Crippen MR) is 144 cm³/mol. The van der Waals surface area contributed by atoms with Gasteiger partial charge in [-0.25, -0.2) is 4.98 Å². The van der Waals surface area contributed by atoms with E-state index in [1.54, 1.807) is 4.90 Å². The van der Waals surface area contributed by atoms with E-state index in [1.165, 1.54) is 0 Å². The number of H-pyrrole nitrogens is 1. The summed E-state index contributed by atoms with van der Waals surface area (Å²) in [6.45, 7) is 4.39. The summed E-state index contributed by atoms with van der Waals surface area (Å²) in [6, 6.07) is 20.1. The Morgan fingerprint density at radius 3 is 2.33 bits per heavy atom. The molecule has 1 heterocycles. The molecule has 0 saturated heterocycles. The van der Waals surface area contributed by atoms with Gasteiger partial charge in [-0.1, -0.05) is 60.7 Å². The molecule has 0 spiro atoms. The summed E-state index contributed by atoms with van der Waals surface area (Å²) in [5, 5.41) is 3.29. The molecule has 1 amide bonds. The van der Waals surface area contributed by atoms with Gasteiger partial charge in [0, 0.05) is 33.6 Å². The maximum Gasteiger partial charge on any atom is 0.224 e. The fourth-order valence-corrected chi connectivity index (χ4v) is 3.37. The molecule has 0 unspecified atom stereocenters. The van der Waals surface area contributed by atoms with E-state index < -0.39 is 0 Å². The van der Waals surface area contributed by atoms with Crippen LogP contribution in [0.2, 0.25) is 0 Å². The van der Waals surface area contributed by atoms with Crippen molar-refractivity contribution < 1.29 is 4.79 Å². The van der Waals surface area contributed by atoms with Gasteiger partial charge in [0.15, 0.2) is 5.96 Å². The van der Waals surface area contributed by atoms with Gasteiger partial charge in [-0.3, -0.25) is 9.79 Å². The fraction of sp³-hybridized carbons (Fsp3) is 0.320. The number of guanidine groups is 1. The number of hydrogen-bond donors (Lipinski definition) is 2. The van der Waals surface area contributed by atoms with Gasteiger partial charge in [0.2, 0.25) is 5.91 Å². The summed E-state index contributed by atoms with van der Waals surface area (Å²) in [6.07, 6.45) is 2.22. The zero-order valence-electron chi connectivity index (χ0n) is 19.5. The number of halogens is 1. The van der Waals surface area contributed by atoms with E-state index in [9.17, 15) is 4.79 Å². The number of nitrogens with one attached hydrogen (secondary N) is 2. The normalized spacial score (nSPS) is 10.9. The van der Waals surface area contributed by atoms with Crippen molar-refractivity contribution in [3.8, 4) is 11.3 Å². The number of aliphatic imine (C=N–C) groups is 1. The Morgan fingerprint density at radius 2 is 1.67 bits per heavy atom. The molecule has 0 fully saturated rings. The molecule has 0 aliphatic rings. The number of aromatic nitrogens is 2. The Kier molecular flexibility index (Phi) is 10.9. The Labute approximate surface area is 213 Å². The van der Waals surface area contributed by atoms with Crippen molar-refractivity contribution >= 4 is 35.8 Å². The molecule has 0 aliphatic carbocycles. The minimum atomic E-state index is 0. The maximum atomic E-state index is 12.5. The standard InChI is InChI=1S/C25H32N6O.HI/c1-4-26-25(27-16-15-24(32)30(2)18-20-11-7-5-8-12-20)31(3)19-23-28-17-22(29-23)21-13-9-6-10-14-21;/h5-14,17H,4,15-16,18-19H2,1-3H3,(H,26,27)(H,28,29);1H. The van der Waals surface area contributed by atoms with Crippen molar-refractivity contribution in [2.24, 2.45) is 4.99 Å². The van der Waals surface area contributed by atoms with Crippen LogP contribution < -0.4 is 5.32 Å². The summed E-state index contributed by atoms with van der Waals surface area (Å²) in [7, 11) is 3.80. The first-order valence-corrected chi connectivity index (χ1v) is 10.9. The second-order valence-corrected chi connectivity index (χ2v) is 7.69. The lowest BCUT2D eigenvalue weighted by Gasteiger charge is -2.21. The molecule has 8 heteroatoms. The number of rotatable bonds is 9. The highest BCUT2D eigenvalue weighted by atomic mass is 127. The summed E-state index contributed by atoms with van der Waals surface area (Å²) in [5.74, 6) is 1.69. The van der Waals surface area contributed by atoms with E-state index in [2.05, 4.69) is 32.4 Å². The van der Waals surface area contributed by atoms with Crippen LogP contribution in [0.1, 0.15) is 24.7 Å². The quantitative estimate of drug-likeness (QED) is 0.235. The number of aromatic amines is 1. The molecule has 33 heavy (non-hydrogen) atoms. The predicted octanol–water partition coefficient (Wildman–Crippen LogP) is 4.14. The maximum absolute atomic E-state index is 12.5. The van der Waals surface area contributed by atoms with Crippen molar-refractivity contribution in [3.63, 3.8) is 0 Å². The topological polar surface area (TPSA) is 76.6 Å². The van der Waals surface area contributed by atoms with Crippen LogP contribution in [0.5, 0.6) is 0 Å². The van der Waals surface area contributed by atoms with Crippen molar-refractivity contribution in [3.05, 3.63) is 78.2 Å². The van der Waals surface area contributed by atoms with Gasteiger partial charge >= 0.3 is 0 Å². The number of hydrogen-bond acceptors (Lipinski definition) is 3. The molecule has 7 nitrogen and oxygen atoms in total. The Morgan fingerprint density at radius 1 is 1.00 bits per heavy atom. The van der Waals surface area contributed by atoms with Crippen molar-refractivity contribution in [1.82, 2.24) is 25.1 Å². The zero-order chi connectivity index (χ0) is 22.8. The summed E-state index contributed by atoms with van der Waals surface area (Å²) >= 11 is 0. The molecule has 3 rings (SSSR count). The molecule has 0 bridgehead atoms. The molecule has 2 aromatic carbocycles. The highest BCUT2D eigenvalue weighted by Crippen LogP contribution is 2.16. The molecule has 0 atom stereocenters. The highest BCUT2D eigenvalue weighted by Gasteiger charge is 2.12. The average Bonchev–Trinajstić information content (AvgIpc) is 3.28. The smallest absolute Gasteiger partial charge is 0.224 e. The highest BCUT2D eigenvalue weighted by molar-refractivity contribution is 14.0. The van der Waals surface area contributed by atoms with Gasteiger partial charge in [-0.05, 0) is 18.1 Å². The second-order valence-electron chi connectivity index (χ2n) is 7.69. The molecule has 3 aromatic rings. The summed E-state index contributed by atoms with van der Waals surface area (Å²) < 4.78 is 0. The number of carbonyl (C=O) groups excluding carboxylic acids is 1. The molecule has 0 radical (unpaired) electrons. The average molecular weight is 560 g/mol. The lowest BCUT2D eigenvalue weighted by atomic mass is 10.2. The molecule has 0 aliphatic heterocycles. The Bertz CT molecular complexity index is 1010. The minimum Gasteiger partial charge on any atom is -0.357 e. The number of nitrogens with zero attached hydrogens (tertiary/aromatic N) is 4. The molecular weight excluding hydrogens is 527 g/mol. The van der Waals surface area contributed by atoms with Crippen LogP contribution in [0.3, 0.4) is 0 Å². The monoisotopic (exact) mass is 560 g/mol. The summed E-state index contributed by atoms with van der Waals surface area (Å²) in [5.41, 5.74) is 3.21. The first-order valence-electron chi connectivity index (χ1n) is 10.9. The van der Waals surface area contributed by atoms with E-state index in [1.807, 2.05) is 80.6 Å². The van der Waals surface area contributed by atoms with E-state index in [0.717, 1.165) is 35.1 Å². The van der Waals surface area contributed by atoms with Crippen LogP contribution >= 0.6 is 24.0 Å². The Balaban J connectivity index is 0.00000385. The summed E-state index contributed by atoms with van der Waals surface area (Å²) in [4.78, 5) is 28.8. The molecule has 1 aromatic heterocycles. The van der Waals surface area contributed by atoms with E-state index in [4.69, 9.17) is 0 Å². The zero-order valence-corrected chi connectivity index (χ0v) is 21.8. The van der Waals surface area contributed by atoms with Crippen LogP contribution in [0.15, 0.2) is 71.9 Å². The first-order chi connectivity index (χ1) is 15.6. The van der Waals surface area contributed by atoms with Gasteiger partial charge in [0.25, 0.3) is 0 Å². The van der Waals surface area contributed by atoms with E-state index in [0.29, 0.717) is 26.1 Å². The van der Waals surface area contributed by atoms with Gasteiger partial charge in [-0.2, -0.15) is 0 Å². The Hall–Kier alpha value is -2.88. The molecule has 176 valence electrons. The third kappa shape index (κ3) is 8.20.